The molecule has 2 rings (SSSR count). The Morgan fingerprint density at radius 3 is 2.41 bits per heavy atom. The highest BCUT2D eigenvalue weighted by Gasteiger charge is 2.43. The molecule has 150 valence electrons. The molecule has 0 aliphatic carbocycles. The number of methoxy groups -OCH3 is 1. The van der Waals surface area contributed by atoms with Gasteiger partial charge in [0.25, 0.3) is 0 Å². The van der Waals surface area contributed by atoms with Gasteiger partial charge in [0.2, 0.25) is 11.8 Å². The number of ether oxygens (including phenoxy) is 1. The Labute approximate surface area is 160 Å². The SMILES string of the molecule is COc1cccc(NC2(C(=O)N(C)C)CCN(C(=O)CS(C)(=O)=O)CC2)c1. The van der Waals surface area contributed by atoms with E-state index in [1.54, 1.807) is 21.2 Å². The van der Waals surface area contributed by atoms with Crippen molar-refractivity contribution in [3.63, 3.8) is 0 Å². The van der Waals surface area contributed by atoms with Crippen molar-refractivity contribution in [3.8, 4) is 5.75 Å². The summed E-state index contributed by atoms with van der Waals surface area (Å²) in [6, 6.07) is 7.32. The number of benzene rings is 1. The monoisotopic (exact) mass is 397 g/mol. The number of rotatable bonds is 6. The van der Waals surface area contributed by atoms with Crippen molar-refractivity contribution in [2.24, 2.45) is 0 Å². The van der Waals surface area contributed by atoms with Crippen molar-refractivity contribution in [3.05, 3.63) is 24.3 Å². The van der Waals surface area contributed by atoms with Gasteiger partial charge in [0, 0.05) is 45.2 Å². The number of amides is 2. The van der Waals surface area contributed by atoms with Crippen LogP contribution in [0.25, 0.3) is 0 Å². The first-order valence-electron chi connectivity index (χ1n) is 8.66. The summed E-state index contributed by atoms with van der Waals surface area (Å²) in [4.78, 5) is 28.1. The zero-order valence-electron chi connectivity index (χ0n) is 16.2. The van der Waals surface area contributed by atoms with Crippen molar-refractivity contribution >= 4 is 27.3 Å². The summed E-state index contributed by atoms with van der Waals surface area (Å²) in [7, 11) is 1.58. The second-order valence-electron chi connectivity index (χ2n) is 7.09. The molecular formula is C18H27N3O5S. The van der Waals surface area contributed by atoms with Crippen LogP contribution in [0.2, 0.25) is 0 Å². The molecule has 8 nitrogen and oxygen atoms in total. The summed E-state index contributed by atoms with van der Waals surface area (Å²) in [5.41, 5.74) is -0.113. The van der Waals surface area contributed by atoms with E-state index in [0.29, 0.717) is 31.7 Å². The summed E-state index contributed by atoms with van der Waals surface area (Å²) in [5.74, 6) is -0.344. The van der Waals surface area contributed by atoms with Gasteiger partial charge in [-0.1, -0.05) is 6.07 Å². The maximum atomic E-state index is 12.9. The number of hydrogen-bond donors (Lipinski definition) is 1. The standard InChI is InChI=1S/C18H27N3O5S/c1-20(2)17(23)18(19-14-6-5-7-15(12-14)26-3)8-10-21(11-9-18)16(22)13-27(4,24)25/h5-7,12,19H,8-11,13H2,1-4H3. The van der Waals surface area contributed by atoms with Gasteiger partial charge in [0.05, 0.1) is 7.11 Å². The van der Waals surface area contributed by atoms with Crippen molar-refractivity contribution in [2.45, 2.75) is 18.4 Å². The first kappa shape index (κ1) is 21.0. The van der Waals surface area contributed by atoms with Crippen molar-refractivity contribution in [1.82, 2.24) is 9.80 Å². The predicted molar refractivity (Wildman–Crippen MR) is 104 cm³/mol. The lowest BCUT2D eigenvalue weighted by Crippen LogP contribution is -2.59. The molecule has 1 aromatic rings. The summed E-state index contributed by atoms with van der Waals surface area (Å²) < 4.78 is 28.0. The minimum absolute atomic E-state index is 0.0828. The van der Waals surface area contributed by atoms with E-state index < -0.39 is 27.0 Å². The second kappa shape index (κ2) is 8.16. The van der Waals surface area contributed by atoms with E-state index in [1.807, 2.05) is 24.3 Å². The van der Waals surface area contributed by atoms with Crippen molar-refractivity contribution < 1.29 is 22.7 Å². The van der Waals surface area contributed by atoms with Gasteiger partial charge < -0.3 is 19.9 Å². The first-order valence-corrected chi connectivity index (χ1v) is 10.7. The maximum Gasteiger partial charge on any atom is 0.247 e. The number of nitrogens with one attached hydrogen (secondary N) is 1. The van der Waals surface area contributed by atoms with Crippen LogP contribution >= 0.6 is 0 Å². The molecule has 1 aliphatic heterocycles. The average Bonchev–Trinajstić information content (AvgIpc) is 2.60. The Morgan fingerprint density at radius 1 is 1.26 bits per heavy atom. The van der Waals surface area contributed by atoms with Crippen LogP contribution in [0.5, 0.6) is 5.75 Å². The third kappa shape index (κ3) is 5.35. The number of likely N-dealkylation sites (tertiary alicyclic amines) is 1. The minimum atomic E-state index is -3.38. The van der Waals surface area contributed by atoms with E-state index in [0.717, 1.165) is 11.9 Å². The molecule has 1 saturated heterocycles. The largest absolute Gasteiger partial charge is 0.497 e. The van der Waals surface area contributed by atoms with E-state index in [1.165, 1.54) is 9.80 Å². The van der Waals surface area contributed by atoms with Gasteiger partial charge in [-0.05, 0) is 25.0 Å². The number of sulfone groups is 1. The van der Waals surface area contributed by atoms with E-state index in [-0.39, 0.29) is 5.91 Å². The molecule has 0 radical (unpaired) electrons. The highest BCUT2D eigenvalue weighted by atomic mass is 32.2. The van der Waals surface area contributed by atoms with Gasteiger partial charge >= 0.3 is 0 Å². The molecule has 1 fully saturated rings. The molecule has 1 aliphatic rings. The topological polar surface area (TPSA) is 96.0 Å². The number of likely N-dealkylation sites (N-methyl/N-ethyl adjacent to an activating group) is 1. The fourth-order valence-corrected chi connectivity index (χ4v) is 3.88. The number of nitrogens with zero attached hydrogens (tertiary/aromatic N) is 2. The number of carbonyl (C=O) groups excluding carboxylic acids is 2. The molecule has 0 spiro atoms. The molecule has 0 bridgehead atoms. The summed E-state index contributed by atoms with van der Waals surface area (Å²) in [6.07, 6.45) is 1.81. The Bertz CT molecular complexity index is 799. The lowest BCUT2D eigenvalue weighted by atomic mass is 9.85. The summed E-state index contributed by atoms with van der Waals surface area (Å²) in [6.45, 7) is 0.621. The number of carbonyl (C=O) groups is 2. The quantitative estimate of drug-likeness (QED) is 0.755. The highest BCUT2D eigenvalue weighted by Crippen LogP contribution is 2.30. The Hall–Kier alpha value is -2.29. The molecule has 0 aromatic heterocycles. The average molecular weight is 397 g/mol. The molecule has 2 amide bonds. The molecule has 1 aromatic carbocycles. The zero-order valence-corrected chi connectivity index (χ0v) is 17.0. The van der Waals surface area contributed by atoms with Crippen LogP contribution in [0.15, 0.2) is 24.3 Å². The molecular weight excluding hydrogens is 370 g/mol. The Kier molecular flexibility index (Phi) is 6.35. The molecule has 0 unspecified atom stereocenters. The number of piperidine rings is 1. The van der Waals surface area contributed by atoms with Gasteiger partial charge in [0.15, 0.2) is 9.84 Å². The van der Waals surface area contributed by atoms with E-state index >= 15 is 0 Å². The zero-order chi connectivity index (χ0) is 20.2. The van der Waals surface area contributed by atoms with Crippen LogP contribution in [-0.4, -0.2) is 81.9 Å². The highest BCUT2D eigenvalue weighted by molar-refractivity contribution is 7.91. The van der Waals surface area contributed by atoms with E-state index in [9.17, 15) is 18.0 Å². The van der Waals surface area contributed by atoms with E-state index in [4.69, 9.17) is 4.74 Å². The lowest BCUT2D eigenvalue weighted by Gasteiger charge is -2.43. The van der Waals surface area contributed by atoms with Crippen LogP contribution in [0.4, 0.5) is 5.69 Å². The van der Waals surface area contributed by atoms with Gasteiger partial charge in [-0.3, -0.25) is 9.59 Å². The van der Waals surface area contributed by atoms with Crippen LogP contribution in [-0.2, 0) is 19.4 Å². The number of hydrogen-bond acceptors (Lipinski definition) is 6. The summed E-state index contributed by atoms with van der Waals surface area (Å²) >= 11 is 0. The third-order valence-electron chi connectivity index (χ3n) is 4.62. The Balaban J connectivity index is 2.19. The Morgan fingerprint density at radius 2 is 1.89 bits per heavy atom. The molecule has 1 heterocycles. The van der Waals surface area contributed by atoms with Gasteiger partial charge in [-0.2, -0.15) is 0 Å². The van der Waals surface area contributed by atoms with Crippen molar-refractivity contribution in [2.75, 3.05) is 51.6 Å². The number of anilines is 1. The summed E-state index contributed by atoms with van der Waals surface area (Å²) in [5, 5.41) is 3.33. The molecule has 0 saturated carbocycles. The fraction of sp³-hybridized carbons (Fsp3) is 0.556. The normalized spacial score (nSPS) is 16.5. The predicted octanol–water partition coefficient (Wildman–Crippen LogP) is 0.601. The van der Waals surface area contributed by atoms with Crippen LogP contribution in [0, 0.1) is 0 Å². The van der Waals surface area contributed by atoms with Gasteiger partial charge in [0.1, 0.15) is 17.0 Å². The lowest BCUT2D eigenvalue weighted by molar-refractivity contribution is -0.138. The van der Waals surface area contributed by atoms with Crippen LogP contribution in [0.3, 0.4) is 0 Å². The van der Waals surface area contributed by atoms with Crippen LogP contribution < -0.4 is 10.1 Å². The van der Waals surface area contributed by atoms with E-state index in [2.05, 4.69) is 5.32 Å². The third-order valence-corrected chi connectivity index (χ3v) is 5.40. The smallest absolute Gasteiger partial charge is 0.247 e. The second-order valence-corrected chi connectivity index (χ2v) is 9.23. The van der Waals surface area contributed by atoms with Crippen LogP contribution in [0.1, 0.15) is 12.8 Å². The maximum absolute atomic E-state index is 12.9. The molecule has 0 atom stereocenters. The van der Waals surface area contributed by atoms with Gasteiger partial charge in [-0.25, -0.2) is 8.42 Å². The molecule has 9 heteroatoms. The first-order chi connectivity index (χ1) is 12.6. The minimum Gasteiger partial charge on any atom is -0.497 e. The molecule has 1 N–H and O–H groups in total. The fourth-order valence-electron chi connectivity index (χ4n) is 3.25. The van der Waals surface area contributed by atoms with Gasteiger partial charge in [-0.15, -0.1) is 0 Å². The van der Waals surface area contributed by atoms with Crippen molar-refractivity contribution in [1.29, 1.82) is 0 Å². The molecule has 27 heavy (non-hydrogen) atoms.